The van der Waals surface area contributed by atoms with Crippen molar-refractivity contribution >= 4 is 16.0 Å². The standard InChI is InChI=1S/C8H15NO4S/c1-13-8(10)4-2-7-14(11,12)9-5-3-6-9/h2-7H2,1H3. The Morgan fingerprint density at radius 1 is 1.43 bits per heavy atom. The second-order valence-corrected chi connectivity index (χ2v) is 5.34. The van der Waals surface area contributed by atoms with Crippen molar-refractivity contribution in [2.45, 2.75) is 19.3 Å². The molecule has 0 aromatic carbocycles. The maximum Gasteiger partial charge on any atom is 0.305 e. The third-order valence-electron chi connectivity index (χ3n) is 2.22. The van der Waals surface area contributed by atoms with E-state index in [2.05, 4.69) is 4.74 Å². The smallest absolute Gasteiger partial charge is 0.305 e. The molecular weight excluding hydrogens is 206 g/mol. The Bertz CT molecular complexity index is 294. The average molecular weight is 221 g/mol. The van der Waals surface area contributed by atoms with Crippen LogP contribution < -0.4 is 0 Å². The van der Waals surface area contributed by atoms with E-state index >= 15 is 0 Å². The molecule has 0 saturated carbocycles. The monoisotopic (exact) mass is 221 g/mol. The molecule has 1 rings (SSSR count). The first kappa shape index (κ1) is 11.5. The van der Waals surface area contributed by atoms with Gasteiger partial charge in [0.15, 0.2) is 0 Å². The molecule has 1 aliphatic rings. The number of esters is 1. The van der Waals surface area contributed by atoms with Gasteiger partial charge in [-0.05, 0) is 12.8 Å². The normalized spacial score (nSPS) is 17.5. The lowest BCUT2D eigenvalue weighted by atomic mass is 10.3. The minimum Gasteiger partial charge on any atom is -0.469 e. The van der Waals surface area contributed by atoms with Gasteiger partial charge in [-0.2, -0.15) is 0 Å². The first-order valence-corrected chi connectivity index (χ1v) is 6.22. The Labute approximate surface area is 84.1 Å². The highest BCUT2D eigenvalue weighted by molar-refractivity contribution is 7.89. The molecule has 1 aliphatic heterocycles. The van der Waals surface area contributed by atoms with Crippen molar-refractivity contribution in [3.8, 4) is 0 Å². The van der Waals surface area contributed by atoms with E-state index in [1.807, 2.05) is 0 Å². The zero-order chi connectivity index (χ0) is 10.6. The van der Waals surface area contributed by atoms with Crippen molar-refractivity contribution in [1.82, 2.24) is 4.31 Å². The highest BCUT2D eigenvalue weighted by atomic mass is 32.2. The van der Waals surface area contributed by atoms with Gasteiger partial charge < -0.3 is 4.74 Å². The molecule has 0 bridgehead atoms. The van der Waals surface area contributed by atoms with Crippen LogP contribution in [0.15, 0.2) is 0 Å². The summed E-state index contributed by atoms with van der Waals surface area (Å²) in [7, 11) is -1.80. The van der Waals surface area contributed by atoms with Crippen LogP contribution in [0.3, 0.4) is 0 Å². The molecule has 82 valence electrons. The Morgan fingerprint density at radius 3 is 2.50 bits per heavy atom. The van der Waals surface area contributed by atoms with Crippen LogP contribution in [0.4, 0.5) is 0 Å². The average Bonchev–Trinajstić information content (AvgIpc) is 1.99. The van der Waals surface area contributed by atoms with Gasteiger partial charge in [0.25, 0.3) is 0 Å². The SMILES string of the molecule is COC(=O)CCCS(=O)(=O)N1CCC1. The first-order valence-electron chi connectivity index (χ1n) is 4.61. The lowest BCUT2D eigenvalue weighted by Gasteiger charge is -2.29. The van der Waals surface area contributed by atoms with E-state index in [1.54, 1.807) is 0 Å². The molecule has 0 aliphatic carbocycles. The predicted octanol–water partition coefficient (Wildman–Crippen LogP) is -0.0249. The van der Waals surface area contributed by atoms with Crippen molar-refractivity contribution < 1.29 is 17.9 Å². The Hall–Kier alpha value is -0.620. The maximum absolute atomic E-state index is 11.5. The number of carbonyl (C=O) groups is 1. The number of methoxy groups -OCH3 is 1. The number of carbonyl (C=O) groups excluding carboxylic acids is 1. The number of hydrogen-bond acceptors (Lipinski definition) is 4. The molecule has 0 amide bonds. The third-order valence-corrected chi connectivity index (χ3v) is 4.18. The van der Waals surface area contributed by atoms with Crippen LogP contribution in [0.25, 0.3) is 0 Å². The number of nitrogens with zero attached hydrogens (tertiary/aromatic N) is 1. The fraction of sp³-hybridized carbons (Fsp3) is 0.875. The largest absolute Gasteiger partial charge is 0.469 e. The summed E-state index contributed by atoms with van der Waals surface area (Å²) in [6.07, 6.45) is 1.45. The molecule has 0 aromatic heterocycles. The topological polar surface area (TPSA) is 63.7 Å². The van der Waals surface area contributed by atoms with E-state index in [0.717, 1.165) is 6.42 Å². The Kier molecular flexibility index (Phi) is 3.88. The van der Waals surface area contributed by atoms with Crippen molar-refractivity contribution in [2.24, 2.45) is 0 Å². The quantitative estimate of drug-likeness (QED) is 0.612. The first-order chi connectivity index (χ1) is 6.56. The molecule has 6 heteroatoms. The number of sulfonamides is 1. The highest BCUT2D eigenvalue weighted by Crippen LogP contribution is 2.13. The molecule has 0 atom stereocenters. The minimum atomic E-state index is -3.10. The van der Waals surface area contributed by atoms with E-state index in [1.165, 1.54) is 11.4 Å². The number of hydrogen-bond donors (Lipinski definition) is 0. The third kappa shape index (κ3) is 2.95. The van der Waals surface area contributed by atoms with Gasteiger partial charge in [-0.25, -0.2) is 12.7 Å². The van der Waals surface area contributed by atoms with E-state index in [4.69, 9.17) is 0 Å². The summed E-state index contributed by atoms with van der Waals surface area (Å²) in [5.74, 6) is -0.314. The van der Waals surface area contributed by atoms with Crippen molar-refractivity contribution in [2.75, 3.05) is 26.0 Å². The second-order valence-electron chi connectivity index (χ2n) is 3.25. The summed E-state index contributed by atoms with van der Waals surface area (Å²) in [4.78, 5) is 10.7. The summed E-state index contributed by atoms with van der Waals surface area (Å²) in [6, 6.07) is 0. The van der Waals surface area contributed by atoms with E-state index in [0.29, 0.717) is 19.5 Å². The second kappa shape index (κ2) is 4.75. The molecule has 5 nitrogen and oxygen atoms in total. The van der Waals surface area contributed by atoms with Gasteiger partial charge in [0.1, 0.15) is 0 Å². The molecule has 1 fully saturated rings. The Morgan fingerprint density at radius 2 is 2.07 bits per heavy atom. The summed E-state index contributed by atoms with van der Waals surface area (Å²) < 4.78 is 28.8. The van der Waals surface area contributed by atoms with Crippen molar-refractivity contribution in [3.05, 3.63) is 0 Å². The van der Waals surface area contributed by atoms with Crippen LogP contribution in [0.1, 0.15) is 19.3 Å². The molecule has 0 aromatic rings. The van der Waals surface area contributed by atoms with Crippen LogP contribution in [0, 0.1) is 0 Å². The van der Waals surface area contributed by atoms with E-state index in [-0.39, 0.29) is 18.1 Å². The molecule has 1 saturated heterocycles. The van der Waals surface area contributed by atoms with Gasteiger partial charge in [0.05, 0.1) is 12.9 Å². The zero-order valence-electron chi connectivity index (χ0n) is 8.23. The van der Waals surface area contributed by atoms with E-state index in [9.17, 15) is 13.2 Å². The molecule has 0 radical (unpaired) electrons. The fourth-order valence-corrected chi connectivity index (χ4v) is 2.78. The molecule has 0 unspecified atom stereocenters. The summed E-state index contributed by atoms with van der Waals surface area (Å²) in [5.41, 5.74) is 0. The van der Waals surface area contributed by atoms with Crippen LogP contribution in [0.2, 0.25) is 0 Å². The lowest BCUT2D eigenvalue weighted by Crippen LogP contribution is -2.43. The van der Waals surface area contributed by atoms with Crippen molar-refractivity contribution in [3.63, 3.8) is 0 Å². The lowest BCUT2D eigenvalue weighted by molar-refractivity contribution is -0.140. The zero-order valence-corrected chi connectivity index (χ0v) is 9.05. The molecule has 0 spiro atoms. The van der Waals surface area contributed by atoms with Gasteiger partial charge in [-0.3, -0.25) is 4.79 Å². The van der Waals surface area contributed by atoms with Gasteiger partial charge in [-0.1, -0.05) is 0 Å². The van der Waals surface area contributed by atoms with Crippen LogP contribution in [-0.2, 0) is 19.6 Å². The molecular formula is C8H15NO4S. The maximum atomic E-state index is 11.5. The van der Waals surface area contributed by atoms with Crippen LogP contribution >= 0.6 is 0 Å². The van der Waals surface area contributed by atoms with Gasteiger partial charge in [0, 0.05) is 19.5 Å². The fourth-order valence-electron chi connectivity index (χ4n) is 1.20. The van der Waals surface area contributed by atoms with Crippen molar-refractivity contribution in [1.29, 1.82) is 0 Å². The summed E-state index contributed by atoms with van der Waals surface area (Å²) in [6.45, 7) is 1.25. The van der Waals surface area contributed by atoms with E-state index < -0.39 is 10.0 Å². The summed E-state index contributed by atoms with van der Waals surface area (Å²) >= 11 is 0. The molecule has 1 heterocycles. The van der Waals surface area contributed by atoms with Gasteiger partial charge in [0.2, 0.25) is 10.0 Å². The summed E-state index contributed by atoms with van der Waals surface area (Å²) in [5, 5.41) is 0. The van der Waals surface area contributed by atoms with Gasteiger partial charge in [-0.15, -0.1) is 0 Å². The predicted molar refractivity (Wildman–Crippen MR) is 51.2 cm³/mol. The number of rotatable bonds is 5. The minimum absolute atomic E-state index is 0.0437. The van der Waals surface area contributed by atoms with Crippen LogP contribution in [0.5, 0.6) is 0 Å². The molecule has 14 heavy (non-hydrogen) atoms. The Balaban J connectivity index is 2.26. The molecule has 0 N–H and O–H groups in total. The van der Waals surface area contributed by atoms with Gasteiger partial charge >= 0.3 is 5.97 Å². The highest BCUT2D eigenvalue weighted by Gasteiger charge is 2.26. The number of ether oxygens (including phenoxy) is 1. The van der Waals surface area contributed by atoms with Crippen LogP contribution in [-0.4, -0.2) is 44.6 Å².